The Hall–Kier alpha value is -2.38. The van der Waals surface area contributed by atoms with Crippen molar-refractivity contribution in [1.29, 1.82) is 0 Å². The van der Waals surface area contributed by atoms with Gasteiger partial charge in [-0.05, 0) is 49.0 Å². The van der Waals surface area contributed by atoms with Crippen molar-refractivity contribution in [1.82, 2.24) is 14.9 Å². The fraction of sp³-hybridized carbons (Fsp3) is 0.368. The van der Waals surface area contributed by atoms with Gasteiger partial charge in [0.2, 0.25) is 0 Å². The number of nitrogens with zero attached hydrogens (tertiary/aromatic N) is 2. The first-order valence-electron chi connectivity index (χ1n) is 8.62. The number of nitrogens with one attached hydrogen (secondary N) is 1. The molecule has 0 aliphatic carbocycles. The van der Waals surface area contributed by atoms with Crippen molar-refractivity contribution in [3.63, 3.8) is 0 Å². The van der Waals surface area contributed by atoms with Crippen LogP contribution in [0.5, 0.6) is 11.5 Å². The fourth-order valence-corrected chi connectivity index (χ4v) is 4.38. The van der Waals surface area contributed by atoms with Crippen molar-refractivity contribution in [2.45, 2.75) is 25.4 Å². The van der Waals surface area contributed by atoms with E-state index in [1.165, 1.54) is 11.3 Å². The molecule has 0 saturated carbocycles. The second kappa shape index (κ2) is 7.09. The van der Waals surface area contributed by atoms with E-state index >= 15 is 0 Å². The van der Waals surface area contributed by atoms with Crippen LogP contribution < -0.4 is 15.0 Å². The second-order valence-corrected chi connectivity index (χ2v) is 7.30. The Morgan fingerprint density at radius 2 is 2.19 bits per heavy atom. The number of likely N-dealkylation sites (tertiary alicyclic amines) is 1. The number of H-pyrrole nitrogens is 1. The minimum atomic E-state index is -0.0605. The Kier molecular flexibility index (Phi) is 4.65. The molecule has 1 unspecified atom stereocenters. The molecule has 0 radical (unpaired) electrons. The molecule has 7 heteroatoms. The zero-order valence-corrected chi connectivity index (χ0v) is 15.6. The molecule has 136 valence electrons. The van der Waals surface area contributed by atoms with E-state index in [0.717, 1.165) is 42.0 Å². The number of methoxy groups -OCH3 is 2. The predicted molar refractivity (Wildman–Crippen MR) is 102 cm³/mol. The quantitative estimate of drug-likeness (QED) is 0.745. The molecule has 1 aliphatic rings. The third kappa shape index (κ3) is 3.08. The predicted octanol–water partition coefficient (Wildman–Crippen LogP) is 3.34. The van der Waals surface area contributed by atoms with Gasteiger partial charge in [0.25, 0.3) is 5.56 Å². The summed E-state index contributed by atoms with van der Waals surface area (Å²) in [7, 11) is 3.36. The molecule has 1 fully saturated rings. The number of ether oxygens (including phenoxy) is 2. The van der Waals surface area contributed by atoms with Gasteiger partial charge in [-0.15, -0.1) is 11.3 Å². The van der Waals surface area contributed by atoms with Crippen LogP contribution in [0, 0.1) is 0 Å². The van der Waals surface area contributed by atoms with Gasteiger partial charge in [-0.2, -0.15) is 0 Å². The van der Waals surface area contributed by atoms with Gasteiger partial charge in [0.15, 0.2) is 0 Å². The van der Waals surface area contributed by atoms with Gasteiger partial charge in [0.1, 0.15) is 22.0 Å². The molecule has 1 aromatic carbocycles. The summed E-state index contributed by atoms with van der Waals surface area (Å²) in [6, 6.07) is 8.00. The second-order valence-electron chi connectivity index (χ2n) is 6.38. The standard InChI is InChI=1S/C19H21N3O3S/c1-24-12-5-6-16(25-2)13(10-12)15-4-3-8-22(15)11-17-20-14-7-9-26-18(14)19(23)21-17/h5-7,9-10,15H,3-4,8,11H2,1-2H3,(H,20,21,23). The molecule has 1 aliphatic heterocycles. The highest BCUT2D eigenvalue weighted by atomic mass is 32.1. The van der Waals surface area contributed by atoms with Crippen molar-refractivity contribution in [2.24, 2.45) is 0 Å². The van der Waals surface area contributed by atoms with E-state index in [2.05, 4.69) is 14.9 Å². The maximum Gasteiger partial charge on any atom is 0.268 e. The molecule has 1 atom stereocenters. The Bertz CT molecular complexity index is 982. The maximum absolute atomic E-state index is 12.2. The van der Waals surface area contributed by atoms with E-state index in [1.54, 1.807) is 14.2 Å². The molecule has 6 nitrogen and oxygen atoms in total. The molecule has 0 bridgehead atoms. The summed E-state index contributed by atoms with van der Waals surface area (Å²) in [4.78, 5) is 22.1. The smallest absolute Gasteiger partial charge is 0.268 e. The number of fused-ring (bicyclic) bond motifs is 1. The number of rotatable bonds is 5. The van der Waals surface area contributed by atoms with Gasteiger partial charge in [-0.25, -0.2) is 4.98 Å². The van der Waals surface area contributed by atoms with Crippen LogP contribution in [0.3, 0.4) is 0 Å². The van der Waals surface area contributed by atoms with Crippen LogP contribution in [0.1, 0.15) is 30.3 Å². The molecule has 0 amide bonds. The number of hydrogen-bond acceptors (Lipinski definition) is 6. The number of thiophene rings is 1. The van der Waals surface area contributed by atoms with Crippen molar-refractivity contribution < 1.29 is 9.47 Å². The highest BCUT2D eigenvalue weighted by Gasteiger charge is 2.29. The Morgan fingerprint density at radius 3 is 3.00 bits per heavy atom. The van der Waals surface area contributed by atoms with Gasteiger partial charge in [-0.1, -0.05) is 0 Å². The lowest BCUT2D eigenvalue weighted by Gasteiger charge is -2.26. The molecular weight excluding hydrogens is 350 g/mol. The first-order valence-corrected chi connectivity index (χ1v) is 9.50. The Balaban J connectivity index is 1.65. The zero-order chi connectivity index (χ0) is 18.1. The topological polar surface area (TPSA) is 67.5 Å². The normalized spacial score (nSPS) is 17.7. The van der Waals surface area contributed by atoms with Crippen molar-refractivity contribution in [2.75, 3.05) is 20.8 Å². The van der Waals surface area contributed by atoms with E-state index < -0.39 is 0 Å². The third-order valence-corrected chi connectivity index (χ3v) is 5.78. The summed E-state index contributed by atoms with van der Waals surface area (Å²) in [5.41, 5.74) is 1.82. The molecule has 2 aromatic heterocycles. The van der Waals surface area contributed by atoms with E-state index in [1.807, 2.05) is 29.6 Å². The number of aromatic nitrogens is 2. The summed E-state index contributed by atoms with van der Waals surface area (Å²) in [6.07, 6.45) is 2.13. The van der Waals surface area contributed by atoms with Gasteiger partial charge in [-0.3, -0.25) is 9.69 Å². The minimum Gasteiger partial charge on any atom is -0.497 e. The molecular formula is C19H21N3O3S. The summed E-state index contributed by atoms with van der Waals surface area (Å²) in [6.45, 7) is 1.56. The van der Waals surface area contributed by atoms with Crippen molar-refractivity contribution in [3.05, 3.63) is 51.4 Å². The molecule has 1 N–H and O–H groups in total. The average molecular weight is 371 g/mol. The molecule has 3 aromatic rings. The van der Waals surface area contributed by atoms with E-state index in [-0.39, 0.29) is 11.6 Å². The van der Waals surface area contributed by atoms with Crippen LogP contribution >= 0.6 is 11.3 Å². The van der Waals surface area contributed by atoms with Crippen LogP contribution in [0.15, 0.2) is 34.4 Å². The van der Waals surface area contributed by atoms with Crippen molar-refractivity contribution >= 4 is 21.6 Å². The highest BCUT2D eigenvalue weighted by molar-refractivity contribution is 7.17. The Labute approximate surface area is 155 Å². The van der Waals surface area contributed by atoms with Crippen LogP contribution in [0.25, 0.3) is 10.2 Å². The summed E-state index contributed by atoms with van der Waals surface area (Å²) in [5, 5.41) is 1.90. The molecule has 0 spiro atoms. The monoisotopic (exact) mass is 371 g/mol. The number of aromatic amines is 1. The zero-order valence-electron chi connectivity index (χ0n) is 14.8. The molecule has 1 saturated heterocycles. The SMILES string of the molecule is COc1ccc(OC)c(C2CCCN2Cc2nc3ccsc3c(=O)[nH]2)c1. The number of benzene rings is 1. The summed E-state index contributed by atoms with van der Waals surface area (Å²) >= 11 is 1.42. The average Bonchev–Trinajstić information content (AvgIpc) is 3.30. The van der Waals surface area contributed by atoms with Gasteiger partial charge < -0.3 is 14.5 Å². The van der Waals surface area contributed by atoms with Crippen LogP contribution in [-0.2, 0) is 6.54 Å². The minimum absolute atomic E-state index is 0.0605. The number of hydrogen-bond donors (Lipinski definition) is 1. The largest absolute Gasteiger partial charge is 0.497 e. The van der Waals surface area contributed by atoms with E-state index in [0.29, 0.717) is 17.1 Å². The first-order chi connectivity index (χ1) is 12.7. The van der Waals surface area contributed by atoms with Crippen molar-refractivity contribution in [3.8, 4) is 11.5 Å². The summed E-state index contributed by atoms with van der Waals surface area (Å²) < 4.78 is 11.6. The molecule has 26 heavy (non-hydrogen) atoms. The van der Waals surface area contributed by atoms with Gasteiger partial charge >= 0.3 is 0 Å². The fourth-order valence-electron chi connectivity index (χ4n) is 3.66. The molecule has 4 rings (SSSR count). The van der Waals surface area contributed by atoms with Gasteiger partial charge in [0.05, 0.1) is 26.3 Å². The van der Waals surface area contributed by atoms with E-state index in [4.69, 9.17) is 9.47 Å². The van der Waals surface area contributed by atoms with Gasteiger partial charge in [0, 0.05) is 11.6 Å². The van der Waals surface area contributed by atoms with Crippen LogP contribution in [0.4, 0.5) is 0 Å². The lowest BCUT2D eigenvalue weighted by Crippen LogP contribution is -2.25. The highest BCUT2D eigenvalue weighted by Crippen LogP contribution is 2.39. The van der Waals surface area contributed by atoms with E-state index in [9.17, 15) is 4.79 Å². The third-order valence-electron chi connectivity index (χ3n) is 4.88. The lowest BCUT2D eigenvalue weighted by atomic mass is 10.0. The Morgan fingerprint density at radius 1 is 1.31 bits per heavy atom. The lowest BCUT2D eigenvalue weighted by molar-refractivity contribution is 0.236. The first kappa shape index (κ1) is 17.1. The maximum atomic E-state index is 12.2. The summed E-state index contributed by atoms with van der Waals surface area (Å²) in [5.74, 6) is 2.38. The van der Waals surface area contributed by atoms with Crippen LogP contribution in [0.2, 0.25) is 0 Å². The molecule has 3 heterocycles. The van der Waals surface area contributed by atoms with Crippen LogP contribution in [-0.4, -0.2) is 35.6 Å².